The summed E-state index contributed by atoms with van der Waals surface area (Å²) in [4.78, 5) is 26.9. The topological polar surface area (TPSA) is 435 Å². The van der Waals surface area contributed by atoms with Crippen LogP contribution in [0.25, 0.3) is 22.1 Å². The molecule has 29 heteroatoms. The largest absolute Gasteiger partial charge is 0.461 e. The zero-order valence-electron chi connectivity index (χ0n) is 49.8. The van der Waals surface area contributed by atoms with E-state index in [1.165, 1.54) is 34.3 Å². The third-order valence-electron chi connectivity index (χ3n) is 18.0. The quantitative estimate of drug-likeness (QED) is 0.0905. The van der Waals surface area contributed by atoms with Crippen molar-refractivity contribution in [3.63, 3.8) is 0 Å². The molecule has 15 atom stereocenters. The van der Waals surface area contributed by atoms with Gasteiger partial charge in [-0.1, -0.05) is 41.5 Å². The van der Waals surface area contributed by atoms with Gasteiger partial charge in [0.1, 0.15) is 99.0 Å². The van der Waals surface area contributed by atoms with Gasteiger partial charge in [-0.15, -0.1) is 0 Å². The summed E-state index contributed by atoms with van der Waals surface area (Å²) in [7, 11) is 0. The molecule has 0 radical (unpaired) electrons. The zero-order valence-corrected chi connectivity index (χ0v) is 51.3. The first-order valence-corrected chi connectivity index (χ1v) is 28.9. The number of aliphatic hydroxyl groups is 3. The number of cyclic esters (lactones) is 1. The van der Waals surface area contributed by atoms with Crippen molar-refractivity contribution in [2.45, 2.75) is 137 Å². The molecule has 0 aliphatic carbocycles. The van der Waals surface area contributed by atoms with E-state index in [0.29, 0.717) is 52.1 Å². The van der Waals surface area contributed by atoms with Crippen LogP contribution in [-0.2, 0) is 29.5 Å². The summed E-state index contributed by atoms with van der Waals surface area (Å²) < 4.78 is 30.2. The first-order chi connectivity index (χ1) is 41.3. The number of esters is 1. The van der Waals surface area contributed by atoms with Gasteiger partial charge in [-0.3, -0.25) is 4.79 Å². The maximum absolute atomic E-state index is 11.3. The van der Waals surface area contributed by atoms with E-state index >= 15 is 0 Å². The van der Waals surface area contributed by atoms with Crippen molar-refractivity contribution in [1.82, 2.24) is 58.4 Å². The number of ether oxygens (including phenoxy) is 4. The van der Waals surface area contributed by atoms with E-state index in [-0.39, 0.29) is 54.7 Å². The molecule has 4 fully saturated rings. The molecule has 12 heterocycles. The van der Waals surface area contributed by atoms with Gasteiger partial charge in [-0.25, -0.2) is 38.0 Å². The Balaban J connectivity index is 0.000000145. The number of nitrogens with two attached hydrogens (primary N) is 4. The van der Waals surface area contributed by atoms with Crippen LogP contribution in [0.1, 0.15) is 118 Å². The van der Waals surface area contributed by atoms with Gasteiger partial charge in [0.15, 0.2) is 28.7 Å². The first kappa shape index (κ1) is 64.4. The molecule has 28 nitrogen and oxygen atoms in total. The molecule has 8 aromatic heterocycles. The van der Waals surface area contributed by atoms with Gasteiger partial charge in [-0.2, -0.15) is 41.4 Å². The third-order valence-corrected chi connectivity index (χ3v) is 18.6. The Morgan fingerprint density at radius 1 is 0.575 bits per heavy atom. The van der Waals surface area contributed by atoms with Crippen LogP contribution in [0.4, 0.5) is 23.3 Å². The molecule has 11 N–H and O–H groups in total. The smallest absolute Gasteiger partial charge is 0.326 e. The first-order valence-electron chi connectivity index (χ1n) is 28.1. The van der Waals surface area contributed by atoms with Crippen molar-refractivity contribution in [1.29, 1.82) is 21.0 Å². The fourth-order valence-corrected chi connectivity index (χ4v) is 12.1. The Bertz CT molecular complexity index is 3870. The second-order valence-electron chi connectivity index (χ2n) is 22.6. The molecule has 0 spiro atoms. The van der Waals surface area contributed by atoms with E-state index in [2.05, 4.69) is 88.3 Å². The second-order valence-corrected chi connectivity index (χ2v) is 23.5. The number of nitrogens with zero attached hydrogens (tertiary/aromatic N) is 16. The number of carbonyl (C=O) groups is 1. The van der Waals surface area contributed by atoms with E-state index in [1.54, 1.807) is 54.1 Å². The molecule has 0 amide bonds. The van der Waals surface area contributed by atoms with E-state index in [4.69, 9.17) is 47.1 Å². The van der Waals surface area contributed by atoms with Crippen molar-refractivity contribution < 1.29 is 39.1 Å². The van der Waals surface area contributed by atoms with E-state index in [0.717, 1.165) is 34.2 Å². The predicted molar refractivity (Wildman–Crippen MR) is 318 cm³/mol. The van der Waals surface area contributed by atoms with Gasteiger partial charge in [0.05, 0.1) is 59.9 Å². The van der Waals surface area contributed by atoms with Gasteiger partial charge in [-0.05, 0) is 111 Å². The summed E-state index contributed by atoms with van der Waals surface area (Å²) in [6.45, 7) is 18.5. The monoisotopic (exact) mass is 1250 g/mol. The predicted octanol–water partition coefficient (Wildman–Crippen LogP) is 5.96. The van der Waals surface area contributed by atoms with Gasteiger partial charge >= 0.3 is 5.97 Å². The van der Waals surface area contributed by atoms with Crippen LogP contribution in [0.3, 0.4) is 0 Å². The lowest BCUT2D eigenvalue weighted by molar-refractivity contribution is -0.238. The summed E-state index contributed by atoms with van der Waals surface area (Å²) in [5.74, 6) is -0.564. The molecule has 0 bridgehead atoms. The lowest BCUT2D eigenvalue weighted by Gasteiger charge is -2.33. The number of nitriles is 4. The molecule has 4 aliphatic heterocycles. The molecule has 4 aliphatic rings. The summed E-state index contributed by atoms with van der Waals surface area (Å²) in [5.41, 5.74) is 23.8. The summed E-state index contributed by atoms with van der Waals surface area (Å²) in [5, 5.41) is 85.0. The number of nitrogen functional groups attached to an aromatic ring is 4. The number of aromatic nitrogens is 12. The number of hydrogen-bond acceptors (Lipinski definition) is 24. The molecular weight excluding hydrogens is 1180 g/mol. The normalized spacial score (nSPS) is 31.4. The van der Waals surface area contributed by atoms with Crippen LogP contribution in [0.2, 0.25) is 0 Å². The van der Waals surface area contributed by atoms with E-state index < -0.39 is 45.8 Å². The molecule has 12 rings (SSSR count). The van der Waals surface area contributed by atoms with E-state index in [9.17, 15) is 35.9 Å². The van der Waals surface area contributed by atoms with Crippen molar-refractivity contribution in [3.05, 3.63) is 95.5 Å². The van der Waals surface area contributed by atoms with Gasteiger partial charge in [0.25, 0.3) is 0 Å². The Morgan fingerprint density at radius 2 is 1.01 bits per heavy atom. The molecule has 8 aromatic rings. The van der Waals surface area contributed by atoms with Gasteiger partial charge in [0.2, 0.25) is 5.79 Å². The maximum Gasteiger partial charge on any atom is 0.326 e. The van der Waals surface area contributed by atoms with Crippen molar-refractivity contribution in [2.24, 2.45) is 39.4 Å². The van der Waals surface area contributed by atoms with Gasteiger partial charge in [0, 0.05) is 17.8 Å². The molecule has 458 valence electrons. The fourth-order valence-electron chi connectivity index (χ4n) is 11.7. The Labute approximate surface area is 509 Å². The third kappa shape index (κ3) is 10.8. The number of anilines is 4. The molecule has 0 saturated carbocycles. The molecule has 4 saturated heterocycles. The molecule has 87 heavy (non-hydrogen) atoms. The second kappa shape index (κ2) is 25.0. The highest BCUT2D eigenvalue weighted by Gasteiger charge is 2.63. The van der Waals surface area contributed by atoms with Crippen LogP contribution in [0.15, 0.2) is 78.4 Å². The number of hydrogen-bond donors (Lipinski definition) is 7. The standard InChI is InChI=1S/C15H19N5O2.C15H19N5O.C13H15N5O3.C9H13NO2.C6H5BrN4/c1-4-11-9(2)14(3,7-16)15(21,22-11)12-6-5-10-13(17)18-8-19-20(10)12;1-4-12-9(2)15(3,7-16)13(21-12)10-5-6-11-14(17)18-8-19-20(10)11;1-13(5-14)10(20)9(4-19)21-11(13)7-2-3-8-12(15)16-6-17-18(7)8;1-4-7-6(2)9(3,5-10)8(11)12-7;7-5-2-1-4-6(8)9-3-10-11(4)5/h5-6,8-9,11,21H,4H2,1-3H3,(H2,17,18,19);5-6,8-9,12-13H,4H2,1-3H3,(H2,17,18,19);2-3,6,9-11,19-20H,4H2,1H3,(H2,15,16,17);6-7H,4H2,1-3H3;1-3H,(H2,8,9,10)/t9-,11-,14-,15?;9-,12-,13+,15-;9-,10-,11+,13-;6-,7-,9-;/m1111./s1. The highest BCUT2D eigenvalue weighted by Crippen LogP contribution is 2.56. The summed E-state index contributed by atoms with van der Waals surface area (Å²) in [6.07, 6.45) is 4.67. The maximum atomic E-state index is 11.3. The van der Waals surface area contributed by atoms with Crippen molar-refractivity contribution in [2.75, 3.05) is 29.5 Å². The highest BCUT2D eigenvalue weighted by atomic mass is 79.9. The minimum absolute atomic E-state index is 0.000000000000000444. The van der Waals surface area contributed by atoms with Crippen LogP contribution < -0.4 is 22.9 Å². The van der Waals surface area contributed by atoms with Crippen LogP contribution in [0.5, 0.6) is 0 Å². The van der Waals surface area contributed by atoms with Crippen LogP contribution in [-0.4, -0.2) is 117 Å². The number of rotatable bonds is 7. The Hall–Kier alpha value is -8.65. The number of halogens is 1. The number of carbonyl (C=O) groups excluding carboxylic acids is 1. The average molecular weight is 1260 g/mol. The lowest BCUT2D eigenvalue weighted by atomic mass is 9.71. The van der Waals surface area contributed by atoms with Crippen molar-refractivity contribution in [3.8, 4) is 24.3 Å². The summed E-state index contributed by atoms with van der Waals surface area (Å²) >= 11 is 3.32. The van der Waals surface area contributed by atoms with Crippen LogP contribution >= 0.6 is 15.9 Å². The van der Waals surface area contributed by atoms with Gasteiger partial charge < -0.3 is 57.2 Å². The number of aliphatic hydroxyl groups excluding tert-OH is 2. The highest BCUT2D eigenvalue weighted by molar-refractivity contribution is 9.10. The number of fused-ring (bicyclic) bond motifs is 4. The zero-order chi connectivity index (χ0) is 63.7. The molecule has 1 unspecified atom stereocenters. The average Bonchev–Trinajstić information content (AvgIpc) is 1.60. The minimum atomic E-state index is -1.75. The SMILES string of the molecule is CC[C@H]1OC(=O)[C@](C)(C#N)[C@@H]1C.CC[C@H]1OC(O)(c2ccc3c(N)ncnn23)[C@](C)(C#N)[C@@H]1C.CC[C@H]1O[C@@H](c2ccc3c(N)ncnn23)[C@](C)(C#N)[C@@H]1C.C[C@@]1(C#N)[C@H](O)[C@@H](CO)O[C@H]1c1ccc2c(N)ncnn12.Nc1ncnn2c(Br)ccc12. The van der Waals surface area contributed by atoms with E-state index in [1.807, 2.05) is 65.0 Å². The van der Waals surface area contributed by atoms with Crippen molar-refractivity contribution >= 4 is 67.2 Å². The molecular formula is C58H71BrN20O8. The fraction of sp³-hybridized carbons (Fsp3) is 0.500. The van der Waals surface area contributed by atoms with Crippen LogP contribution in [0, 0.1) is 84.7 Å². The molecule has 0 aromatic carbocycles. The lowest BCUT2D eigenvalue weighted by Crippen LogP contribution is -2.43. The Morgan fingerprint density at radius 3 is 1.45 bits per heavy atom. The minimum Gasteiger partial charge on any atom is -0.461 e. The Kier molecular flexibility index (Phi) is 18.5. The summed E-state index contributed by atoms with van der Waals surface area (Å²) in [6, 6.07) is 23.2.